The second-order valence-electron chi connectivity index (χ2n) is 6.30. The van der Waals surface area contributed by atoms with Crippen LogP contribution in [0.1, 0.15) is 11.1 Å². The molecule has 0 radical (unpaired) electrons. The van der Waals surface area contributed by atoms with Crippen molar-refractivity contribution in [1.82, 2.24) is 9.80 Å². The van der Waals surface area contributed by atoms with Gasteiger partial charge < -0.3 is 14.7 Å². The van der Waals surface area contributed by atoms with Crippen molar-refractivity contribution >= 4 is 12.1 Å². The van der Waals surface area contributed by atoms with E-state index in [-0.39, 0.29) is 13.2 Å². The average Bonchev–Trinajstić information content (AvgIpc) is 2.68. The van der Waals surface area contributed by atoms with E-state index in [0.717, 1.165) is 11.1 Å². The van der Waals surface area contributed by atoms with Crippen LogP contribution in [-0.4, -0.2) is 52.6 Å². The molecule has 0 saturated carbocycles. The summed E-state index contributed by atoms with van der Waals surface area (Å²) < 4.78 is 5.32. The van der Waals surface area contributed by atoms with Crippen molar-refractivity contribution in [2.45, 2.75) is 19.2 Å². The van der Waals surface area contributed by atoms with Gasteiger partial charge in [0.25, 0.3) is 0 Å². The van der Waals surface area contributed by atoms with Gasteiger partial charge in [-0.3, -0.25) is 9.69 Å². The van der Waals surface area contributed by atoms with E-state index in [9.17, 15) is 14.7 Å². The Bertz CT molecular complexity index is 736. The predicted molar refractivity (Wildman–Crippen MR) is 96.5 cm³/mol. The van der Waals surface area contributed by atoms with Gasteiger partial charge in [0.2, 0.25) is 0 Å². The number of carbonyl (C=O) groups is 2. The molecule has 1 fully saturated rings. The van der Waals surface area contributed by atoms with Gasteiger partial charge in [-0.25, -0.2) is 4.79 Å². The predicted octanol–water partition coefficient (Wildman–Crippen LogP) is 2.59. The number of piperazine rings is 1. The fourth-order valence-corrected chi connectivity index (χ4v) is 3.04. The molecule has 1 saturated heterocycles. The molecule has 1 aliphatic rings. The second kappa shape index (κ2) is 8.49. The Morgan fingerprint density at radius 1 is 0.962 bits per heavy atom. The summed E-state index contributed by atoms with van der Waals surface area (Å²) in [5.41, 5.74) is 1.96. The number of hydrogen-bond acceptors (Lipinski definition) is 4. The van der Waals surface area contributed by atoms with Crippen molar-refractivity contribution in [3.05, 3.63) is 71.8 Å². The Balaban J connectivity index is 1.58. The van der Waals surface area contributed by atoms with Gasteiger partial charge in [-0.2, -0.15) is 0 Å². The number of carboxylic acid groups (broad SMARTS) is 1. The zero-order chi connectivity index (χ0) is 18.4. The van der Waals surface area contributed by atoms with E-state index in [1.165, 1.54) is 4.90 Å². The molecule has 1 N–H and O–H groups in total. The summed E-state index contributed by atoms with van der Waals surface area (Å²) in [7, 11) is 0. The summed E-state index contributed by atoms with van der Waals surface area (Å²) >= 11 is 0. The van der Waals surface area contributed by atoms with Crippen LogP contribution in [0.2, 0.25) is 0 Å². The molecule has 1 unspecified atom stereocenters. The Morgan fingerprint density at radius 3 is 2.19 bits per heavy atom. The zero-order valence-corrected chi connectivity index (χ0v) is 14.5. The summed E-state index contributed by atoms with van der Waals surface area (Å²) in [6, 6.07) is 18.4. The molecule has 2 aromatic rings. The molecule has 1 heterocycles. The second-order valence-corrected chi connectivity index (χ2v) is 6.30. The summed E-state index contributed by atoms with van der Waals surface area (Å²) in [4.78, 5) is 27.3. The number of hydrogen-bond donors (Lipinski definition) is 1. The SMILES string of the molecule is O=C(O)C1CN(C(=O)OCc2ccccc2)CCN1Cc1ccccc1. The molecule has 1 amide bonds. The van der Waals surface area contributed by atoms with Crippen molar-refractivity contribution in [3.8, 4) is 0 Å². The molecule has 6 heteroatoms. The highest BCUT2D eigenvalue weighted by Gasteiger charge is 2.34. The van der Waals surface area contributed by atoms with Gasteiger partial charge in [-0.15, -0.1) is 0 Å². The van der Waals surface area contributed by atoms with Crippen LogP contribution in [-0.2, 0) is 22.7 Å². The van der Waals surface area contributed by atoms with Crippen LogP contribution in [0.5, 0.6) is 0 Å². The Hall–Kier alpha value is -2.86. The fourth-order valence-electron chi connectivity index (χ4n) is 3.04. The lowest BCUT2D eigenvalue weighted by Gasteiger charge is -2.38. The van der Waals surface area contributed by atoms with E-state index < -0.39 is 18.1 Å². The Kier molecular flexibility index (Phi) is 5.86. The van der Waals surface area contributed by atoms with E-state index in [1.807, 2.05) is 65.6 Å². The van der Waals surface area contributed by atoms with Gasteiger partial charge in [-0.05, 0) is 11.1 Å². The topological polar surface area (TPSA) is 70.1 Å². The van der Waals surface area contributed by atoms with E-state index in [2.05, 4.69) is 0 Å². The van der Waals surface area contributed by atoms with E-state index >= 15 is 0 Å². The summed E-state index contributed by atoms with van der Waals surface area (Å²) in [6.45, 7) is 1.79. The van der Waals surface area contributed by atoms with Gasteiger partial charge in [-0.1, -0.05) is 60.7 Å². The maximum Gasteiger partial charge on any atom is 0.410 e. The minimum absolute atomic E-state index is 0.121. The molecule has 26 heavy (non-hydrogen) atoms. The van der Waals surface area contributed by atoms with Gasteiger partial charge in [0.15, 0.2) is 0 Å². The minimum atomic E-state index is -0.929. The number of aliphatic carboxylic acids is 1. The number of nitrogens with zero attached hydrogens (tertiary/aromatic N) is 2. The molecule has 0 spiro atoms. The maximum atomic E-state index is 12.3. The van der Waals surface area contributed by atoms with E-state index in [0.29, 0.717) is 19.6 Å². The number of amides is 1. The zero-order valence-electron chi connectivity index (χ0n) is 14.5. The molecule has 0 aliphatic carbocycles. The lowest BCUT2D eigenvalue weighted by Crippen LogP contribution is -2.57. The third-order valence-electron chi connectivity index (χ3n) is 4.47. The number of ether oxygens (including phenoxy) is 1. The maximum absolute atomic E-state index is 12.3. The molecular weight excluding hydrogens is 332 g/mol. The highest BCUT2D eigenvalue weighted by molar-refractivity contribution is 5.76. The minimum Gasteiger partial charge on any atom is -0.480 e. The summed E-state index contributed by atoms with van der Waals surface area (Å²) in [5, 5.41) is 9.57. The smallest absolute Gasteiger partial charge is 0.410 e. The summed E-state index contributed by atoms with van der Waals surface area (Å²) in [5.74, 6) is -0.929. The Labute approximate surface area is 152 Å². The highest BCUT2D eigenvalue weighted by Crippen LogP contribution is 2.16. The van der Waals surface area contributed by atoms with Crippen molar-refractivity contribution in [2.24, 2.45) is 0 Å². The van der Waals surface area contributed by atoms with Crippen LogP contribution in [0, 0.1) is 0 Å². The standard InChI is InChI=1S/C20H22N2O4/c23-19(24)18-14-22(20(25)26-15-17-9-5-2-6-10-17)12-11-21(18)13-16-7-3-1-4-8-16/h1-10,18H,11-15H2,(H,23,24). The van der Waals surface area contributed by atoms with Gasteiger partial charge in [0.1, 0.15) is 12.6 Å². The quantitative estimate of drug-likeness (QED) is 0.894. The molecule has 3 rings (SSSR count). The van der Waals surface area contributed by atoms with E-state index in [4.69, 9.17) is 4.74 Å². The normalized spacial score (nSPS) is 17.7. The molecule has 0 bridgehead atoms. The molecule has 2 aromatic carbocycles. The van der Waals surface area contributed by atoms with Crippen LogP contribution in [0.3, 0.4) is 0 Å². The first-order valence-electron chi connectivity index (χ1n) is 8.60. The molecule has 1 aliphatic heterocycles. The average molecular weight is 354 g/mol. The lowest BCUT2D eigenvalue weighted by molar-refractivity contribution is -0.145. The number of carboxylic acids is 1. The first-order chi connectivity index (χ1) is 12.6. The monoisotopic (exact) mass is 354 g/mol. The highest BCUT2D eigenvalue weighted by atomic mass is 16.6. The van der Waals surface area contributed by atoms with Gasteiger partial charge in [0, 0.05) is 19.6 Å². The van der Waals surface area contributed by atoms with Crippen molar-refractivity contribution < 1.29 is 19.4 Å². The third-order valence-corrected chi connectivity index (χ3v) is 4.47. The van der Waals surface area contributed by atoms with Crippen molar-refractivity contribution in [2.75, 3.05) is 19.6 Å². The first kappa shape index (κ1) is 17.9. The largest absolute Gasteiger partial charge is 0.480 e. The van der Waals surface area contributed by atoms with Gasteiger partial charge >= 0.3 is 12.1 Å². The Morgan fingerprint density at radius 2 is 1.58 bits per heavy atom. The van der Waals surface area contributed by atoms with Crippen LogP contribution in [0.15, 0.2) is 60.7 Å². The number of rotatable bonds is 5. The molecular formula is C20H22N2O4. The molecule has 0 aromatic heterocycles. The fraction of sp³-hybridized carbons (Fsp3) is 0.300. The summed E-state index contributed by atoms with van der Waals surface area (Å²) in [6.07, 6.45) is -0.473. The molecule has 1 atom stereocenters. The third kappa shape index (κ3) is 4.61. The van der Waals surface area contributed by atoms with Crippen molar-refractivity contribution in [1.29, 1.82) is 0 Å². The van der Waals surface area contributed by atoms with Crippen LogP contribution >= 0.6 is 0 Å². The van der Waals surface area contributed by atoms with Crippen LogP contribution in [0.25, 0.3) is 0 Å². The number of carbonyl (C=O) groups excluding carboxylic acids is 1. The molecule has 6 nitrogen and oxygen atoms in total. The molecule has 136 valence electrons. The first-order valence-corrected chi connectivity index (χ1v) is 8.60. The lowest BCUT2D eigenvalue weighted by atomic mass is 10.1. The number of benzene rings is 2. The van der Waals surface area contributed by atoms with Crippen LogP contribution < -0.4 is 0 Å². The van der Waals surface area contributed by atoms with Gasteiger partial charge in [0.05, 0.1) is 6.54 Å². The van der Waals surface area contributed by atoms with E-state index in [1.54, 1.807) is 0 Å². The van der Waals surface area contributed by atoms with Crippen molar-refractivity contribution in [3.63, 3.8) is 0 Å². The van der Waals surface area contributed by atoms with Crippen LogP contribution in [0.4, 0.5) is 4.79 Å².